The molecule has 0 radical (unpaired) electrons. The molecule has 112 valence electrons. The molecule has 0 aliphatic carbocycles. The largest absolute Gasteiger partial charge is 0.354 e. The number of carbonyl (C=O) groups is 1. The number of hydrogen-bond acceptors (Lipinski definition) is 3. The van der Waals surface area contributed by atoms with Gasteiger partial charge in [0.1, 0.15) is 0 Å². The van der Waals surface area contributed by atoms with Crippen LogP contribution in [-0.2, 0) is 4.79 Å². The normalized spacial score (nSPS) is 19.2. The van der Waals surface area contributed by atoms with Gasteiger partial charge in [-0.15, -0.1) is 0 Å². The Bertz CT molecular complexity index is 276. The van der Waals surface area contributed by atoms with Crippen molar-refractivity contribution in [2.75, 3.05) is 25.9 Å². The number of carbonyl (C=O) groups excluding carboxylic acids is 1. The van der Waals surface area contributed by atoms with Gasteiger partial charge in [0.15, 0.2) is 0 Å². The molecular weight excluding hydrogens is 256 g/mol. The lowest BCUT2D eigenvalue weighted by Crippen LogP contribution is -2.50. The van der Waals surface area contributed by atoms with E-state index in [1.807, 2.05) is 11.8 Å². The summed E-state index contributed by atoms with van der Waals surface area (Å²) in [5.74, 6) is 0.275. The van der Waals surface area contributed by atoms with Crippen molar-refractivity contribution in [2.24, 2.45) is 5.41 Å². The van der Waals surface area contributed by atoms with E-state index < -0.39 is 0 Å². The van der Waals surface area contributed by atoms with E-state index in [4.69, 9.17) is 0 Å². The molecule has 3 nitrogen and oxygen atoms in total. The van der Waals surface area contributed by atoms with Gasteiger partial charge in [0.25, 0.3) is 0 Å². The summed E-state index contributed by atoms with van der Waals surface area (Å²) in [5, 5.41) is 6.60. The van der Waals surface area contributed by atoms with Gasteiger partial charge in [-0.05, 0) is 51.4 Å². The Morgan fingerprint density at radius 3 is 2.26 bits per heavy atom. The molecule has 0 unspecified atom stereocenters. The van der Waals surface area contributed by atoms with Crippen LogP contribution in [0.15, 0.2) is 0 Å². The highest BCUT2D eigenvalue weighted by Crippen LogP contribution is 2.34. The third-order valence-corrected chi connectivity index (χ3v) is 6.60. The zero-order chi connectivity index (χ0) is 14.4. The maximum Gasteiger partial charge on any atom is 0.226 e. The van der Waals surface area contributed by atoms with E-state index >= 15 is 0 Å². The molecule has 19 heavy (non-hydrogen) atoms. The van der Waals surface area contributed by atoms with Crippen LogP contribution in [0.5, 0.6) is 0 Å². The average Bonchev–Trinajstić information content (AvgIpc) is 2.49. The molecule has 1 rings (SSSR count). The summed E-state index contributed by atoms with van der Waals surface area (Å²) in [5.41, 5.74) is -0.128. The van der Waals surface area contributed by atoms with Gasteiger partial charge >= 0.3 is 0 Å². The standard InChI is InChI=1S/C15H30N2OS/c1-5-14(8-10-16-11-9-14)13(18)17-12-15(6-2,7-3)19-4/h16H,5-12H2,1-4H3,(H,17,18). The minimum Gasteiger partial charge on any atom is -0.354 e. The van der Waals surface area contributed by atoms with Crippen LogP contribution in [0.3, 0.4) is 0 Å². The molecule has 0 saturated carbocycles. The zero-order valence-electron chi connectivity index (χ0n) is 13.0. The van der Waals surface area contributed by atoms with Crippen LogP contribution in [0, 0.1) is 5.41 Å². The summed E-state index contributed by atoms with van der Waals surface area (Å²) in [6.45, 7) is 9.31. The first kappa shape index (κ1) is 16.8. The summed E-state index contributed by atoms with van der Waals surface area (Å²) in [4.78, 5) is 12.6. The number of thioether (sulfide) groups is 1. The molecule has 0 aromatic heterocycles. The highest BCUT2D eigenvalue weighted by molar-refractivity contribution is 8.00. The van der Waals surface area contributed by atoms with Crippen molar-refractivity contribution in [2.45, 2.75) is 57.6 Å². The Balaban J connectivity index is 2.62. The molecule has 0 aromatic rings. The van der Waals surface area contributed by atoms with Gasteiger partial charge in [-0.1, -0.05) is 20.8 Å². The Labute approximate surface area is 122 Å². The van der Waals surface area contributed by atoms with Gasteiger partial charge in [0.05, 0.1) is 5.41 Å². The van der Waals surface area contributed by atoms with Crippen molar-refractivity contribution in [1.29, 1.82) is 0 Å². The molecule has 0 aromatic carbocycles. The molecule has 1 heterocycles. The molecule has 1 amide bonds. The average molecular weight is 286 g/mol. The van der Waals surface area contributed by atoms with E-state index in [9.17, 15) is 4.79 Å². The van der Waals surface area contributed by atoms with E-state index in [1.165, 1.54) is 0 Å². The molecule has 1 fully saturated rings. The number of nitrogens with one attached hydrogen (secondary N) is 2. The number of hydrogen-bond donors (Lipinski definition) is 2. The monoisotopic (exact) mass is 286 g/mol. The molecule has 1 aliphatic heterocycles. The second kappa shape index (κ2) is 7.53. The van der Waals surface area contributed by atoms with Crippen LogP contribution in [0.25, 0.3) is 0 Å². The van der Waals surface area contributed by atoms with Crippen LogP contribution in [0.4, 0.5) is 0 Å². The van der Waals surface area contributed by atoms with Crippen molar-refractivity contribution < 1.29 is 4.79 Å². The van der Waals surface area contributed by atoms with Crippen molar-refractivity contribution >= 4 is 17.7 Å². The van der Waals surface area contributed by atoms with E-state index in [-0.39, 0.29) is 16.1 Å². The van der Waals surface area contributed by atoms with Crippen molar-refractivity contribution in [3.05, 3.63) is 0 Å². The summed E-state index contributed by atoms with van der Waals surface area (Å²) < 4.78 is 0.206. The highest BCUT2D eigenvalue weighted by atomic mass is 32.2. The summed E-state index contributed by atoms with van der Waals surface area (Å²) in [6.07, 6.45) is 7.25. The van der Waals surface area contributed by atoms with Gasteiger partial charge in [-0.2, -0.15) is 11.8 Å². The molecule has 0 bridgehead atoms. The predicted molar refractivity (Wildman–Crippen MR) is 84.7 cm³/mol. The first-order valence-corrected chi connectivity index (χ1v) is 8.84. The third-order valence-electron chi connectivity index (χ3n) is 5.01. The second-order valence-electron chi connectivity index (χ2n) is 5.66. The van der Waals surface area contributed by atoms with Gasteiger partial charge in [-0.25, -0.2) is 0 Å². The lowest BCUT2D eigenvalue weighted by Gasteiger charge is -2.37. The third kappa shape index (κ3) is 3.88. The van der Waals surface area contributed by atoms with Crippen LogP contribution < -0.4 is 10.6 Å². The first-order chi connectivity index (χ1) is 9.08. The van der Waals surface area contributed by atoms with E-state index in [0.717, 1.165) is 51.7 Å². The fourth-order valence-corrected chi connectivity index (χ4v) is 3.73. The number of rotatable bonds is 7. The molecule has 1 aliphatic rings. The SMILES string of the molecule is CCC(CC)(CNC(=O)C1(CC)CCNCC1)SC. The molecule has 0 spiro atoms. The Morgan fingerprint density at radius 1 is 1.26 bits per heavy atom. The topological polar surface area (TPSA) is 41.1 Å². The number of amides is 1. The van der Waals surface area contributed by atoms with Crippen LogP contribution in [-0.4, -0.2) is 36.5 Å². The molecule has 1 saturated heterocycles. The van der Waals surface area contributed by atoms with Crippen molar-refractivity contribution in [1.82, 2.24) is 10.6 Å². The lowest BCUT2D eigenvalue weighted by molar-refractivity contribution is -0.133. The minimum atomic E-state index is -0.128. The van der Waals surface area contributed by atoms with Gasteiger partial charge in [-0.3, -0.25) is 4.79 Å². The van der Waals surface area contributed by atoms with E-state index in [2.05, 4.69) is 37.7 Å². The summed E-state index contributed by atoms with van der Waals surface area (Å²) >= 11 is 1.89. The Morgan fingerprint density at radius 2 is 1.84 bits per heavy atom. The quantitative estimate of drug-likeness (QED) is 0.756. The van der Waals surface area contributed by atoms with Crippen LogP contribution in [0.1, 0.15) is 52.9 Å². The zero-order valence-corrected chi connectivity index (χ0v) is 13.8. The van der Waals surface area contributed by atoms with Gasteiger partial charge in [0, 0.05) is 11.3 Å². The maximum absolute atomic E-state index is 12.6. The van der Waals surface area contributed by atoms with Crippen LogP contribution >= 0.6 is 11.8 Å². The smallest absolute Gasteiger partial charge is 0.226 e. The molecular formula is C15H30N2OS. The van der Waals surface area contributed by atoms with Crippen molar-refractivity contribution in [3.8, 4) is 0 Å². The van der Waals surface area contributed by atoms with Gasteiger partial charge < -0.3 is 10.6 Å². The minimum absolute atomic E-state index is 0.128. The molecule has 4 heteroatoms. The van der Waals surface area contributed by atoms with Gasteiger partial charge in [0.2, 0.25) is 5.91 Å². The van der Waals surface area contributed by atoms with Crippen molar-refractivity contribution in [3.63, 3.8) is 0 Å². The maximum atomic E-state index is 12.6. The first-order valence-electron chi connectivity index (χ1n) is 7.62. The Hall–Kier alpha value is -0.220. The second-order valence-corrected chi connectivity index (χ2v) is 6.94. The summed E-state index contributed by atoms with van der Waals surface area (Å²) in [7, 11) is 0. The van der Waals surface area contributed by atoms with Crippen LogP contribution in [0.2, 0.25) is 0 Å². The summed E-state index contributed by atoms with van der Waals surface area (Å²) in [6, 6.07) is 0. The van der Waals surface area contributed by atoms with E-state index in [1.54, 1.807) is 0 Å². The molecule has 2 N–H and O–H groups in total. The fourth-order valence-electron chi connectivity index (χ4n) is 2.94. The van der Waals surface area contributed by atoms with E-state index in [0.29, 0.717) is 0 Å². The highest BCUT2D eigenvalue weighted by Gasteiger charge is 2.38. The fraction of sp³-hybridized carbons (Fsp3) is 0.933. The number of piperidine rings is 1. The molecule has 0 atom stereocenters. The predicted octanol–water partition coefficient (Wildman–Crippen LogP) is 2.80. The lowest BCUT2D eigenvalue weighted by atomic mass is 9.75. The Kier molecular flexibility index (Phi) is 6.67.